The third-order valence-electron chi connectivity index (χ3n) is 10.5. The topological polar surface area (TPSA) is 165 Å². The summed E-state index contributed by atoms with van der Waals surface area (Å²) in [6, 6.07) is 0. The van der Waals surface area contributed by atoms with Crippen LogP contribution in [0.5, 0.6) is 0 Å². The molecule has 0 aromatic heterocycles. The maximum Gasteiger partial charge on any atom is 0.335 e. The number of carboxylic acid groups (broad SMARTS) is 1. The molecule has 0 amide bonds. The van der Waals surface area contributed by atoms with E-state index in [0.717, 1.165) is 31.3 Å². The fourth-order valence-electron chi connectivity index (χ4n) is 8.24. The van der Waals surface area contributed by atoms with E-state index in [1.165, 1.54) is 0 Å². The molecule has 5 aliphatic rings. The van der Waals surface area contributed by atoms with Crippen molar-refractivity contribution < 1.29 is 45.0 Å². The number of aliphatic hydroxyl groups is 5. The van der Waals surface area contributed by atoms with Crippen LogP contribution >= 0.6 is 0 Å². The quantitative estimate of drug-likeness (QED) is 0.309. The van der Waals surface area contributed by atoms with E-state index in [-0.39, 0.29) is 23.7 Å². The Balaban J connectivity index is 1.45. The van der Waals surface area contributed by atoms with Crippen LogP contribution in [0, 0.1) is 28.6 Å². The number of hydrogen-bond donors (Lipinski definition) is 6. The van der Waals surface area contributed by atoms with Crippen molar-refractivity contribution >= 4 is 11.8 Å². The molecule has 9 heteroatoms. The smallest absolute Gasteiger partial charge is 0.335 e. The molecule has 1 aliphatic heterocycles. The van der Waals surface area contributed by atoms with Crippen LogP contribution < -0.4 is 0 Å². The van der Waals surface area contributed by atoms with Gasteiger partial charge in [0.25, 0.3) is 0 Å². The molecular formula is C25H36O9. The number of ether oxygens (including phenoxy) is 1. The lowest BCUT2D eigenvalue weighted by atomic mass is 9.46. The highest BCUT2D eigenvalue weighted by Crippen LogP contribution is 2.65. The van der Waals surface area contributed by atoms with E-state index < -0.39 is 41.8 Å². The fraction of sp³-hybridized carbons (Fsp3) is 0.840. The average molecular weight is 481 g/mol. The van der Waals surface area contributed by atoms with Gasteiger partial charge in [-0.05, 0) is 61.7 Å². The molecule has 0 aromatic carbocycles. The molecule has 0 bridgehead atoms. The molecule has 34 heavy (non-hydrogen) atoms. The van der Waals surface area contributed by atoms with Crippen molar-refractivity contribution in [3.05, 3.63) is 11.6 Å². The first-order chi connectivity index (χ1) is 15.8. The van der Waals surface area contributed by atoms with Gasteiger partial charge in [0.05, 0.1) is 0 Å². The zero-order valence-corrected chi connectivity index (χ0v) is 19.7. The van der Waals surface area contributed by atoms with Gasteiger partial charge in [-0.1, -0.05) is 25.5 Å². The summed E-state index contributed by atoms with van der Waals surface area (Å²) >= 11 is 0. The Labute approximate surface area is 198 Å². The molecule has 190 valence electrons. The van der Waals surface area contributed by atoms with Crippen LogP contribution in [0.2, 0.25) is 0 Å². The lowest BCUT2D eigenvalue weighted by molar-refractivity contribution is -0.397. The first-order valence-corrected chi connectivity index (χ1v) is 12.4. The molecule has 0 spiro atoms. The van der Waals surface area contributed by atoms with Gasteiger partial charge in [0, 0.05) is 18.3 Å². The van der Waals surface area contributed by atoms with Gasteiger partial charge in [-0.2, -0.15) is 0 Å². The number of allylic oxidation sites excluding steroid dienone is 1. The summed E-state index contributed by atoms with van der Waals surface area (Å²) in [5, 5.41) is 63.2. The molecule has 9 nitrogen and oxygen atoms in total. The number of aliphatic hydroxyl groups excluding tert-OH is 3. The minimum absolute atomic E-state index is 0.0215. The summed E-state index contributed by atoms with van der Waals surface area (Å²) in [4.78, 5) is 24.2. The van der Waals surface area contributed by atoms with E-state index in [1.807, 2.05) is 0 Å². The molecule has 4 fully saturated rings. The number of carbonyl (C=O) groups excluding carboxylic acids is 1. The van der Waals surface area contributed by atoms with Crippen LogP contribution in [0.4, 0.5) is 0 Å². The lowest BCUT2D eigenvalue weighted by Gasteiger charge is -2.60. The molecule has 5 rings (SSSR count). The van der Waals surface area contributed by atoms with E-state index in [1.54, 1.807) is 0 Å². The van der Waals surface area contributed by atoms with E-state index in [0.29, 0.717) is 36.4 Å². The summed E-state index contributed by atoms with van der Waals surface area (Å²) in [7, 11) is 0. The number of fused-ring (bicyclic) bond motifs is 5. The Bertz CT molecular complexity index is 933. The standard InChI is InChI=1S/C25H36O9/c1-22-9-10-24(32,25(33)20(29)18(28)17(27)19(34-25)21(30)31)11-12(22)3-4-13-14-5-6-16(26)23(14,2)8-7-15(13)22/h3,13-15,17-20,27-29,32-33H,4-11H2,1-2H3,(H,30,31)/t13-,14-,15-,17-,18-,19-,20+,22-,23-,24?,25?/m0/s1. The van der Waals surface area contributed by atoms with Gasteiger partial charge in [-0.15, -0.1) is 0 Å². The largest absolute Gasteiger partial charge is 0.479 e. The van der Waals surface area contributed by atoms with Crippen molar-refractivity contribution in [1.82, 2.24) is 0 Å². The normalized spacial score (nSPS) is 55.1. The monoisotopic (exact) mass is 480 g/mol. The van der Waals surface area contributed by atoms with Crippen molar-refractivity contribution in [3.8, 4) is 0 Å². The third-order valence-corrected chi connectivity index (χ3v) is 10.5. The molecule has 6 N–H and O–H groups in total. The second-order valence-electron chi connectivity index (χ2n) is 11.9. The van der Waals surface area contributed by atoms with E-state index in [9.17, 15) is 40.2 Å². The predicted molar refractivity (Wildman–Crippen MR) is 117 cm³/mol. The first kappa shape index (κ1) is 24.3. The van der Waals surface area contributed by atoms with E-state index >= 15 is 0 Å². The third kappa shape index (κ3) is 3.01. The number of carbonyl (C=O) groups is 2. The molecular weight excluding hydrogens is 444 g/mol. The molecule has 4 aliphatic carbocycles. The SMILES string of the molecule is C[C@]12CCC(O)(C3(O)O[C@H](C(=O)O)[C@@H](O)[C@H](O)[C@H]3O)CC1=CC[C@@H]1[C@@H]2CC[C@]2(C)C(=O)CC[C@@H]12. The first-order valence-electron chi connectivity index (χ1n) is 12.4. The Kier molecular flexibility index (Phi) is 5.42. The zero-order valence-electron chi connectivity index (χ0n) is 19.7. The van der Waals surface area contributed by atoms with Crippen molar-refractivity contribution in [1.29, 1.82) is 0 Å². The Morgan fingerprint density at radius 3 is 2.35 bits per heavy atom. The molecule has 2 unspecified atom stereocenters. The van der Waals surface area contributed by atoms with Crippen molar-refractivity contribution in [2.45, 2.75) is 101 Å². The Hall–Kier alpha value is -1.36. The van der Waals surface area contributed by atoms with Gasteiger partial charge in [0.2, 0.25) is 5.79 Å². The summed E-state index contributed by atoms with van der Waals surface area (Å²) in [6.07, 6.45) is -1.44. The highest BCUT2D eigenvalue weighted by Gasteiger charge is 2.67. The second-order valence-corrected chi connectivity index (χ2v) is 11.9. The van der Waals surface area contributed by atoms with Crippen LogP contribution in [-0.2, 0) is 14.3 Å². The highest BCUT2D eigenvalue weighted by molar-refractivity contribution is 5.87. The van der Waals surface area contributed by atoms with Crippen molar-refractivity contribution in [2.24, 2.45) is 28.6 Å². The Morgan fingerprint density at radius 2 is 1.68 bits per heavy atom. The van der Waals surface area contributed by atoms with Crippen molar-refractivity contribution in [3.63, 3.8) is 0 Å². The van der Waals surface area contributed by atoms with Crippen LogP contribution in [0.1, 0.15) is 65.2 Å². The fourth-order valence-corrected chi connectivity index (χ4v) is 8.24. The highest BCUT2D eigenvalue weighted by atomic mass is 16.7. The van der Waals surface area contributed by atoms with E-state index in [4.69, 9.17) is 4.74 Å². The summed E-state index contributed by atoms with van der Waals surface area (Å²) in [5.41, 5.74) is -1.64. The summed E-state index contributed by atoms with van der Waals surface area (Å²) in [6.45, 7) is 4.27. The maximum absolute atomic E-state index is 12.6. The molecule has 1 saturated heterocycles. The van der Waals surface area contributed by atoms with Crippen LogP contribution in [0.25, 0.3) is 0 Å². The van der Waals surface area contributed by atoms with Gasteiger partial charge in [0.1, 0.15) is 29.7 Å². The average Bonchev–Trinajstić information content (AvgIpc) is 3.09. The molecule has 1 heterocycles. The lowest BCUT2D eigenvalue weighted by Crippen LogP contribution is -2.75. The van der Waals surface area contributed by atoms with Gasteiger partial charge in [0.15, 0.2) is 6.10 Å². The van der Waals surface area contributed by atoms with Gasteiger partial charge >= 0.3 is 5.97 Å². The number of carboxylic acids is 1. The van der Waals surface area contributed by atoms with Crippen LogP contribution in [-0.4, -0.2) is 78.2 Å². The predicted octanol–water partition coefficient (Wildman–Crippen LogP) is 0.504. The molecule has 11 atom stereocenters. The van der Waals surface area contributed by atoms with Crippen LogP contribution in [0.3, 0.4) is 0 Å². The van der Waals surface area contributed by atoms with Gasteiger partial charge < -0.3 is 35.4 Å². The number of aliphatic carboxylic acids is 1. The minimum Gasteiger partial charge on any atom is -0.479 e. The van der Waals surface area contributed by atoms with Crippen molar-refractivity contribution in [2.75, 3.05) is 0 Å². The second kappa shape index (κ2) is 7.57. The minimum atomic E-state index is -2.77. The number of Topliss-reactive ketones (excluding diaryl/α,β-unsaturated/α-hetero) is 1. The molecule has 3 saturated carbocycles. The van der Waals surface area contributed by atoms with Crippen LogP contribution in [0.15, 0.2) is 11.6 Å². The van der Waals surface area contributed by atoms with E-state index in [2.05, 4.69) is 19.9 Å². The van der Waals surface area contributed by atoms with Gasteiger partial charge in [-0.25, -0.2) is 4.79 Å². The molecule has 0 aromatic rings. The number of ketones is 1. The zero-order chi connectivity index (χ0) is 24.8. The number of rotatable bonds is 2. The summed E-state index contributed by atoms with van der Waals surface area (Å²) in [5.74, 6) is -2.97. The maximum atomic E-state index is 12.6. The van der Waals surface area contributed by atoms with Gasteiger partial charge in [-0.3, -0.25) is 4.79 Å². The Morgan fingerprint density at radius 1 is 1.00 bits per heavy atom. The number of hydrogen-bond acceptors (Lipinski definition) is 8. The summed E-state index contributed by atoms with van der Waals surface area (Å²) < 4.78 is 5.26. The molecule has 0 radical (unpaired) electrons.